The van der Waals surface area contributed by atoms with Gasteiger partial charge in [-0.3, -0.25) is 0 Å². The van der Waals surface area contributed by atoms with Gasteiger partial charge in [0, 0.05) is 54.0 Å². The minimum atomic E-state index is -0.520. The molecule has 1 N–H and O–H groups in total. The van der Waals surface area contributed by atoms with Gasteiger partial charge in [-0.25, -0.2) is 9.18 Å². The summed E-state index contributed by atoms with van der Waals surface area (Å²) in [6.45, 7) is 14.6. The van der Waals surface area contributed by atoms with Gasteiger partial charge in [0.2, 0.25) is 0 Å². The van der Waals surface area contributed by atoms with Crippen molar-refractivity contribution in [3.05, 3.63) is 87.9 Å². The quantitative estimate of drug-likeness (QED) is 0.329. The van der Waals surface area contributed by atoms with Gasteiger partial charge in [-0.15, -0.1) is 0 Å². The number of aryl methyl sites for hydroxylation is 1. The Morgan fingerprint density at radius 3 is 2.47 bits per heavy atom. The molecule has 0 spiro atoms. The lowest BCUT2D eigenvalue weighted by molar-refractivity contribution is 0.150. The standard InChI is InChI=1S/C35H46FN3O4/c1-10-39(18-17-38(7)8)33(40)43-26-13-14-27(31(20-26)41-9)35(6)16-15-29-32(24(3)21-34(4,5)37-29)28(35)22-42-30-19-25(36)12-11-23(30)2/h11-15,19-21,37H,10,16-18,22H2,1-9H3. The van der Waals surface area contributed by atoms with Crippen molar-refractivity contribution in [1.82, 2.24) is 15.1 Å². The zero-order valence-corrected chi connectivity index (χ0v) is 27.1. The van der Waals surface area contributed by atoms with Crippen LogP contribution in [0.25, 0.3) is 0 Å². The van der Waals surface area contributed by atoms with Gasteiger partial charge in [-0.05, 0) is 84.0 Å². The van der Waals surface area contributed by atoms with E-state index in [1.807, 2.05) is 45.0 Å². The van der Waals surface area contributed by atoms with E-state index in [4.69, 9.17) is 14.2 Å². The zero-order chi connectivity index (χ0) is 31.5. The number of nitrogens with one attached hydrogen (secondary N) is 1. The number of ether oxygens (including phenoxy) is 3. The number of rotatable bonds is 10. The summed E-state index contributed by atoms with van der Waals surface area (Å²) in [6, 6.07) is 10.2. The highest BCUT2D eigenvalue weighted by atomic mass is 19.1. The van der Waals surface area contributed by atoms with Crippen LogP contribution in [0.1, 0.15) is 52.2 Å². The number of halogens is 1. The Morgan fingerprint density at radius 2 is 1.79 bits per heavy atom. The Kier molecular flexibility index (Phi) is 9.60. The van der Waals surface area contributed by atoms with Gasteiger partial charge in [0.25, 0.3) is 0 Å². The number of benzene rings is 2. The van der Waals surface area contributed by atoms with Gasteiger partial charge in [0.1, 0.15) is 29.7 Å². The van der Waals surface area contributed by atoms with Crippen LogP contribution in [-0.2, 0) is 5.41 Å². The molecule has 1 unspecified atom stereocenters. The molecule has 2 aromatic carbocycles. The fourth-order valence-electron chi connectivity index (χ4n) is 5.97. The smallest absolute Gasteiger partial charge is 0.415 e. The molecule has 0 radical (unpaired) electrons. The number of nitrogens with zero attached hydrogens (tertiary/aromatic N) is 2. The molecule has 43 heavy (non-hydrogen) atoms. The molecule has 7 nitrogen and oxygen atoms in total. The molecule has 232 valence electrons. The molecule has 0 saturated carbocycles. The van der Waals surface area contributed by atoms with Crippen LogP contribution in [0.5, 0.6) is 17.2 Å². The third-order valence-electron chi connectivity index (χ3n) is 8.33. The molecule has 0 fully saturated rings. The van der Waals surface area contributed by atoms with Crippen LogP contribution < -0.4 is 19.5 Å². The molecule has 4 rings (SSSR count). The average molecular weight is 592 g/mol. The summed E-state index contributed by atoms with van der Waals surface area (Å²) in [6.07, 6.45) is 4.76. The van der Waals surface area contributed by atoms with Crippen molar-refractivity contribution in [3.8, 4) is 17.2 Å². The highest BCUT2D eigenvalue weighted by Crippen LogP contribution is 2.49. The van der Waals surface area contributed by atoms with E-state index in [1.165, 1.54) is 12.1 Å². The Morgan fingerprint density at radius 1 is 1.05 bits per heavy atom. The monoisotopic (exact) mass is 591 g/mol. The number of carbonyl (C=O) groups excluding carboxylic acids is 1. The summed E-state index contributed by atoms with van der Waals surface area (Å²) >= 11 is 0. The first-order valence-corrected chi connectivity index (χ1v) is 14.9. The molecule has 1 aliphatic heterocycles. The molecule has 2 aliphatic rings. The number of likely N-dealkylation sites (N-methyl/N-ethyl adjacent to an activating group) is 2. The van der Waals surface area contributed by atoms with E-state index in [0.717, 1.165) is 40.1 Å². The lowest BCUT2D eigenvalue weighted by atomic mass is 9.66. The first-order valence-electron chi connectivity index (χ1n) is 14.9. The fourth-order valence-corrected chi connectivity index (χ4v) is 5.97. The van der Waals surface area contributed by atoms with E-state index in [-0.39, 0.29) is 18.0 Å². The van der Waals surface area contributed by atoms with Crippen LogP contribution in [0.2, 0.25) is 0 Å². The molecule has 2 aromatic rings. The SMILES string of the molecule is CCN(CCN(C)C)C(=O)Oc1ccc(C2(C)CC=C3NC(C)(C)C=C(C)C3=C2COc2cc(F)ccc2C)c(OC)c1. The van der Waals surface area contributed by atoms with Crippen molar-refractivity contribution in [3.63, 3.8) is 0 Å². The number of hydrogen-bond donors (Lipinski definition) is 1. The van der Waals surface area contributed by atoms with Gasteiger partial charge >= 0.3 is 6.09 Å². The largest absolute Gasteiger partial charge is 0.496 e. The maximum atomic E-state index is 14.1. The van der Waals surface area contributed by atoms with Crippen molar-refractivity contribution in [2.24, 2.45) is 0 Å². The maximum Gasteiger partial charge on any atom is 0.415 e. The van der Waals surface area contributed by atoms with Gasteiger partial charge in [-0.2, -0.15) is 0 Å². The Hall–Kier alpha value is -3.78. The summed E-state index contributed by atoms with van der Waals surface area (Å²) in [5.41, 5.74) is 5.48. The van der Waals surface area contributed by atoms with E-state index in [9.17, 15) is 9.18 Å². The first-order chi connectivity index (χ1) is 20.3. The third kappa shape index (κ3) is 7.07. The molecular weight excluding hydrogens is 545 g/mol. The average Bonchev–Trinajstić information content (AvgIpc) is 2.94. The van der Waals surface area contributed by atoms with Crippen molar-refractivity contribution in [2.45, 2.75) is 58.9 Å². The second-order valence-electron chi connectivity index (χ2n) is 12.5. The van der Waals surface area contributed by atoms with Gasteiger partial charge in [0.15, 0.2) is 0 Å². The topological polar surface area (TPSA) is 63.3 Å². The predicted molar refractivity (Wildman–Crippen MR) is 170 cm³/mol. The van der Waals surface area contributed by atoms with E-state index >= 15 is 0 Å². The molecular formula is C35H46FN3O4. The highest BCUT2D eigenvalue weighted by molar-refractivity contribution is 5.71. The summed E-state index contributed by atoms with van der Waals surface area (Å²) < 4.78 is 32.2. The van der Waals surface area contributed by atoms with Crippen molar-refractivity contribution in [2.75, 3.05) is 47.4 Å². The lowest BCUT2D eigenvalue weighted by Gasteiger charge is -2.43. The van der Waals surface area contributed by atoms with Gasteiger partial charge < -0.3 is 29.3 Å². The second kappa shape index (κ2) is 12.8. The van der Waals surface area contributed by atoms with Gasteiger partial charge in [-0.1, -0.05) is 31.2 Å². The zero-order valence-electron chi connectivity index (χ0n) is 27.1. The summed E-state index contributed by atoms with van der Waals surface area (Å²) in [5.74, 6) is 1.22. The van der Waals surface area contributed by atoms with Crippen LogP contribution >= 0.6 is 0 Å². The molecule has 0 bridgehead atoms. The molecule has 0 saturated heterocycles. The van der Waals surface area contributed by atoms with Crippen molar-refractivity contribution < 1.29 is 23.4 Å². The van der Waals surface area contributed by atoms with Gasteiger partial charge in [0.05, 0.1) is 12.6 Å². The summed E-state index contributed by atoms with van der Waals surface area (Å²) in [5, 5.41) is 3.67. The maximum absolute atomic E-state index is 14.1. The van der Waals surface area contributed by atoms with E-state index in [1.54, 1.807) is 24.1 Å². The molecule has 1 amide bonds. The number of methoxy groups -OCH3 is 1. The number of carbonyl (C=O) groups is 1. The van der Waals surface area contributed by atoms with E-state index in [0.29, 0.717) is 36.8 Å². The number of allylic oxidation sites excluding steroid dienone is 2. The van der Waals surface area contributed by atoms with Crippen LogP contribution in [0.4, 0.5) is 9.18 Å². The molecule has 1 aliphatic carbocycles. The van der Waals surface area contributed by atoms with E-state index in [2.05, 4.69) is 45.2 Å². The molecule has 1 atom stereocenters. The molecule has 0 aromatic heterocycles. The highest BCUT2D eigenvalue weighted by Gasteiger charge is 2.41. The van der Waals surface area contributed by atoms with Crippen LogP contribution in [0.3, 0.4) is 0 Å². The van der Waals surface area contributed by atoms with E-state index < -0.39 is 11.5 Å². The lowest BCUT2D eigenvalue weighted by Crippen LogP contribution is -2.44. The molecule has 1 heterocycles. The van der Waals surface area contributed by atoms with Crippen molar-refractivity contribution in [1.29, 1.82) is 0 Å². The number of amides is 1. The summed E-state index contributed by atoms with van der Waals surface area (Å²) in [4.78, 5) is 16.7. The van der Waals surface area contributed by atoms with Crippen LogP contribution in [0.15, 0.2) is 71.0 Å². The third-order valence-corrected chi connectivity index (χ3v) is 8.33. The van der Waals surface area contributed by atoms with Crippen LogP contribution in [0, 0.1) is 12.7 Å². The predicted octanol–water partition coefficient (Wildman–Crippen LogP) is 6.77. The fraction of sp³-hybridized carbons (Fsp3) is 0.457. The first kappa shape index (κ1) is 32.1. The summed E-state index contributed by atoms with van der Waals surface area (Å²) in [7, 11) is 5.58. The minimum absolute atomic E-state index is 0.194. The number of hydrogen-bond acceptors (Lipinski definition) is 6. The number of fused-ring (bicyclic) bond motifs is 1. The van der Waals surface area contributed by atoms with Crippen LogP contribution in [-0.4, -0.2) is 68.9 Å². The minimum Gasteiger partial charge on any atom is -0.496 e. The van der Waals surface area contributed by atoms with Crippen molar-refractivity contribution >= 4 is 6.09 Å². The molecule has 8 heteroatoms. The Bertz CT molecular complexity index is 1460. The second-order valence-corrected chi connectivity index (χ2v) is 12.5. The Balaban J connectivity index is 1.73. The Labute approximate surface area is 256 Å². The normalized spacial score (nSPS) is 19.2.